The predicted molar refractivity (Wildman–Crippen MR) is 120 cm³/mol. The smallest absolute Gasteiger partial charge is 0.243 e. The van der Waals surface area contributed by atoms with Gasteiger partial charge in [-0.05, 0) is 37.5 Å². The number of benzene rings is 1. The Balaban J connectivity index is 1.36. The lowest BCUT2D eigenvalue weighted by atomic mass is 10.0. The number of hydrogen-bond acceptors (Lipinski definition) is 4. The first-order valence-electron chi connectivity index (χ1n) is 10.9. The summed E-state index contributed by atoms with van der Waals surface area (Å²) in [5, 5.41) is 9.79. The average Bonchev–Trinajstić information content (AvgIpc) is 2.74. The van der Waals surface area contributed by atoms with Crippen LogP contribution in [0.4, 0.5) is 0 Å². The lowest BCUT2D eigenvalue weighted by Gasteiger charge is -2.23. The summed E-state index contributed by atoms with van der Waals surface area (Å²) in [5.41, 5.74) is 3.17. The van der Waals surface area contributed by atoms with Gasteiger partial charge in [0.2, 0.25) is 11.8 Å². The Labute approximate surface area is 178 Å². The summed E-state index contributed by atoms with van der Waals surface area (Å²) in [4.78, 5) is 24.3. The van der Waals surface area contributed by atoms with Crippen LogP contribution in [0.2, 0.25) is 0 Å². The van der Waals surface area contributed by atoms with E-state index in [0.717, 1.165) is 28.7 Å². The highest BCUT2D eigenvalue weighted by Crippen LogP contribution is 2.28. The number of carbonyl (C=O) groups is 2. The van der Waals surface area contributed by atoms with Crippen molar-refractivity contribution in [3.8, 4) is 0 Å². The maximum absolute atomic E-state index is 12.2. The van der Waals surface area contributed by atoms with E-state index in [1.165, 1.54) is 42.7 Å². The number of hydrazone groups is 1. The van der Waals surface area contributed by atoms with Gasteiger partial charge in [-0.25, -0.2) is 5.01 Å². The monoisotopic (exact) mass is 415 g/mol. The molecule has 0 saturated heterocycles. The van der Waals surface area contributed by atoms with Gasteiger partial charge in [0.1, 0.15) is 0 Å². The normalized spacial score (nSPS) is 17.9. The molecule has 158 valence electrons. The van der Waals surface area contributed by atoms with Gasteiger partial charge in [-0.3, -0.25) is 9.59 Å². The lowest BCUT2D eigenvalue weighted by Crippen LogP contribution is -2.35. The van der Waals surface area contributed by atoms with Crippen LogP contribution in [0.3, 0.4) is 0 Å². The van der Waals surface area contributed by atoms with E-state index >= 15 is 0 Å². The standard InChI is InChI=1S/C23H33N3O2S/c1-18-8-10-19(11-9-18)21-12-13-23(28)26(25-21)16-14-22(27)24-15-5-17-29-20-6-3-2-4-7-20/h8-11,20H,2-7,12-17H2,1H3,(H,24,27). The van der Waals surface area contributed by atoms with Crippen LogP contribution in [0.25, 0.3) is 0 Å². The third-order valence-electron chi connectivity index (χ3n) is 5.59. The number of thioether (sulfide) groups is 1. The fraction of sp³-hybridized carbons (Fsp3) is 0.609. The molecule has 0 bridgehead atoms. The molecule has 6 heteroatoms. The Morgan fingerprint density at radius 2 is 1.93 bits per heavy atom. The number of carbonyl (C=O) groups excluding carboxylic acids is 2. The number of hydrogen-bond donors (Lipinski definition) is 1. The highest BCUT2D eigenvalue weighted by Gasteiger charge is 2.21. The van der Waals surface area contributed by atoms with Crippen molar-refractivity contribution in [2.45, 2.75) is 70.0 Å². The SMILES string of the molecule is Cc1ccc(C2=NN(CCC(=O)NCCCSC3CCCCC3)C(=O)CC2)cc1. The largest absolute Gasteiger partial charge is 0.356 e. The fourth-order valence-electron chi connectivity index (χ4n) is 3.81. The first-order chi connectivity index (χ1) is 14.1. The Morgan fingerprint density at radius 1 is 1.17 bits per heavy atom. The van der Waals surface area contributed by atoms with Crippen molar-refractivity contribution in [1.29, 1.82) is 0 Å². The number of aryl methyl sites for hydroxylation is 1. The molecule has 1 aliphatic carbocycles. The van der Waals surface area contributed by atoms with Crippen molar-refractivity contribution in [3.63, 3.8) is 0 Å². The van der Waals surface area contributed by atoms with Gasteiger partial charge in [-0.2, -0.15) is 16.9 Å². The molecular weight excluding hydrogens is 382 g/mol. The van der Waals surface area contributed by atoms with Crippen LogP contribution in [0.15, 0.2) is 29.4 Å². The van der Waals surface area contributed by atoms with Gasteiger partial charge in [-0.15, -0.1) is 0 Å². The molecule has 5 nitrogen and oxygen atoms in total. The van der Waals surface area contributed by atoms with Crippen molar-refractivity contribution < 1.29 is 9.59 Å². The molecule has 3 rings (SSSR count). The number of nitrogens with zero attached hydrogens (tertiary/aromatic N) is 2. The minimum absolute atomic E-state index is 0.00174. The van der Waals surface area contributed by atoms with Crippen molar-refractivity contribution in [2.24, 2.45) is 5.10 Å². The zero-order chi connectivity index (χ0) is 20.5. The summed E-state index contributed by atoms with van der Waals surface area (Å²) in [6, 6.07) is 8.19. The summed E-state index contributed by atoms with van der Waals surface area (Å²) in [6.07, 6.45) is 9.25. The van der Waals surface area contributed by atoms with Gasteiger partial charge >= 0.3 is 0 Å². The van der Waals surface area contributed by atoms with Crippen molar-refractivity contribution in [3.05, 3.63) is 35.4 Å². The van der Waals surface area contributed by atoms with Crippen LogP contribution in [-0.2, 0) is 9.59 Å². The zero-order valence-electron chi connectivity index (χ0n) is 17.5. The molecule has 1 fully saturated rings. The van der Waals surface area contributed by atoms with Crippen LogP contribution in [0.5, 0.6) is 0 Å². The molecule has 0 unspecified atom stereocenters. The van der Waals surface area contributed by atoms with Gasteiger partial charge in [-0.1, -0.05) is 49.1 Å². The molecule has 0 spiro atoms. The minimum Gasteiger partial charge on any atom is -0.356 e. The first-order valence-corrected chi connectivity index (χ1v) is 12.0. The molecule has 29 heavy (non-hydrogen) atoms. The van der Waals surface area contributed by atoms with Gasteiger partial charge in [0.25, 0.3) is 0 Å². The quantitative estimate of drug-likeness (QED) is 0.612. The van der Waals surface area contributed by atoms with E-state index in [0.29, 0.717) is 32.4 Å². The lowest BCUT2D eigenvalue weighted by molar-refractivity contribution is -0.132. The summed E-state index contributed by atoms with van der Waals surface area (Å²) in [7, 11) is 0. The van der Waals surface area contributed by atoms with Crippen molar-refractivity contribution >= 4 is 29.3 Å². The minimum atomic E-state index is -0.00227. The Hall–Kier alpha value is -1.82. The van der Waals surface area contributed by atoms with Gasteiger partial charge in [0.05, 0.1) is 12.3 Å². The Morgan fingerprint density at radius 3 is 2.69 bits per heavy atom. The summed E-state index contributed by atoms with van der Waals surface area (Å²) in [5.74, 6) is 1.11. The molecule has 0 radical (unpaired) electrons. The number of nitrogens with one attached hydrogen (secondary N) is 1. The second-order valence-corrected chi connectivity index (χ2v) is 9.42. The van der Waals surface area contributed by atoms with Gasteiger partial charge in [0.15, 0.2) is 0 Å². The number of rotatable bonds is 9. The average molecular weight is 416 g/mol. The zero-order valence-corrected chi connectivity index (χ0v) is 18.3. The topological polar surface area (TPSA) is 61.8 Å². The first kappa shape index (κ1) is 21.9. The maximum atomic E-state index is 12.2. The molecule has 1 heterocycles. The molecule has 1 saturated carbocycles. The predicted octanol–water partition coefficient (Wildman–Crippen LogP) is 4.28. The fourth-order valence-corrected chi connectivity index (χ4v) is 5.12. The van der Waals surface area contributed by atoms with Crippen molar-refractivity contribution in [1.82, 2.24) is 10.3 Å². The van der Waals surface area contributed by atoms with E-state index in [1.807, 2.05) is 12.1 Å². The van der Waals surface area contributed by atoms with E-state index in [1.54, 1.807) is 0 Å². The van der Waals surface area contributed by atoms with E-state index in [4.69, 9.17) is 0 Å². The maximum Gasteiger partial charge on any atom is 0.243 e. The molecule has 1 aromatic carbocycles. The van der Waals surface area contributed by atoms with E-state index in [9.17, 15) is 9.59 Å². The molecule has 1 N–H and O–H groups in total. The van der Waals surface area contributed by atoms with Crippen LogP contribution in [0, 0.1) is 6.92 Å². The molecule has 1 aliphatic heterocycles. The van der Waals surface area contributed by atoms with E-state index in [-0.39, 0.29) is 11.8 Å². The molecule has 0 aromatic heterocycles. The Kier molecular flexibility index (Phi) is 8.59. The van der Waals surface area contributed by atoms with Crippen LogP contribution < -0.4 is 5.32 Å². The van der Waals surface area contributed by atoms with Crippen LogP contribution in [0.1, 0.15) is 68.9 Å². The highest BCUT2D eigenvalue weighted by atomic mass is 32.2. The molecule has 1 aromatic rings. The third-order valence-corrected chi connectivity index (χ3v) is 7.06. The molecule has 2 amide bonds. The molecular formula is C23H33N3O2S. The second kappa shape index (κ2) is 11.4. The van der Waals surface area contributed by atoms with Crippen molar-refractivity contribution in [2.75, 3.05) is 18.8 Å². The van der Waals surface area contributed by atoms with Crippen LogP contribution in [-0.4, -0.2) is 46.6 Å². The number of amides is 2. The summed E-state index contributed by atoms with van der Waals surface area (Å²) >= 11 is 2.06. The van der Waals surface area contributed by atoms with E-state index in [2.05, 4.69) is 41.2 Å². The third kappa shape index (κ3) is 7.18. The second-order valence-electron chi connectivity index (χ2n) is 8.01. The van der Waals surface area contributed by atoms with Crippen LogP contribution >= 0.6 is 11.8 Å². The van der Waals surface area contributed by atoms with Gasteiger partial charge < -0.3 is 5.32 Å². The summed E-state index contributed by atoms with van der Waals surface area (Å²) < 4.78 is 0. The molecule has 2 aliphatic rings. The highest BCUT2D eigenvalue weighted by molar-refractivity contribution is 7.99. The van der Waals surface area contributed by atoms with E-state index < -0.39 is 0 Å². The van der Waals surface area contributed by atoms with Gasteiger partial charge in [0, 0.05) is 31.1 Å². The summed E-state index contributed by atoms with van der Waals surface area (Å²) in [6.45, 7) is 3.11. The Bertz CT molecular complexity index is 711. The molecule has 0 atom stereocenters.